The zero-order chi connectivity index (χ0) is 20.1. The van der Waals surface area contributed by atoms with Gasteiger partial charge in [-0.1, -0.05) is 13.5 Å². The predicted molar refractivity (Wildman–Crippen MR) is 99.1 cm³/mol. The van der Waals surface area contributed by atoms with Gasteiger partial charge in [0, 0.05) is 17.9 Å². The van der Waals surface area contributed by atoms with Crippen molar-refractivity contribution in [1.29, 1.82) is 0 Å². The SMILES string of the molecule is C=C1C(=O)O[C@H]2C[C@]3(COC(C)=O)CC[C@@]4(C)C[C@H]5O[C@@]5(C)CC[C@@H]4[C@@]3(O)[C@@H]12. The molecule has 5 rings (SSSR count). The van der Waals surface area contributed by atoms with Gasteiger partial charge in [-0.3, -0.25) is 4.79 Å². The minimum absolute atomic E-state index is 0.0150. The number of carbonyl (C=O) groups excluding carboxylic acids is 2. The number of aliphatic hydroxyl groups is 1. The smallest absolute Gasteiger partial charge is 0.334 e. The number of epoxide rings is 1. The van der Waals surface area contributed by atoms with Gasteiger partial charge in [0.15, 0.2) is 0 Å². The molecule has 0 amide bonds. The van der Waals surface area contributed by atoms with Crippen LogP contribution in [0.4, 0.5) is 0 Å². The number of ether oxygens (including phenoxy) is 3. The Labute approximate surface area is 165 Å². The Kier molecular flexibility index (Phi) is 3.59. The average Bonchev–Trinajstić information content (AvgIpc) is 3.05. The van der Waals surface area contributed by atoms with E-state index in [0.29, 0.717) is 12.0 Å². The van der Waals surface area contributed by atoms with Gasteiger partial charge in [0.1, 0.15) is 6.10 Å². The molecule has 6 nitrogen and oxygen atoms in total. The molecular weight excluding hydrogens is 360 g/mol. The molecule has 0 aromatic heterocycles. The van der Waals surface area contributed by atoms with Crippen LogP contribution in [0.25, 0.3) is 0 Å². The summed E-state index contributed by atoms with van der Waals surface area (Å²) in [5, 5.41) is 12.5. The van der Waals surface area contributed by atoms with Crippen molar-refractivity contribution in [2.45, 2.75) is 82.7 Å². The quantitative estimate of drug-likeness (QED) is 0.443. The second-order valence-corrected chi connectivity index (χ2v) is 10.4. The lowest BCUT2D eigenvalue weighted by molar-refractivity contribution is -0.215. The van der Waals surface area contributed by atoms with Crippen LogP contribution in [0.1, 0.15) is 59.3 Å². The highest BCUT2D eigenvalue weighted by Crippen LogP contribution is 2.71. The van der Waals surface area contributed by atoms with E-state index in [1.165, 1.54) is 6.92 Å². The van der Waals surface area contributed by atoms with Gasteiger partial charge in [0.05, 0.1) is 29.8 Å². The second kappa shape index (κ2) is 5.39. The first-order valence-electron chi connectivity index (χ1n) is 10.5. The van der Waals surface area contributed by atoms with Crippen molar-refractivity contribution in [3.8, 4) is 0 Å². The maximum Gasteiger partial charge on any atom is 0.334 e. The summed E-state index contributed by atoms with van der Waals surface area (Å²) in [7, 11) is 0. The normalized spacial score (nSPS) is 54.0. The molecule has 0 spiro atoms. The van der Waals surface area contributed by atoms with Crippen LogP contribution in [0.2, 0.25) is 0 Å². The lowest BCUT2D eigenvalue weighted by Gasteiger charge is -2.59. The second-order valence-electron chi connectivity index (χ2n) is 10.4. The summed E-state index contributed by atoms with van der Waals surface area (Å²) in [6.45, 7) is 9.98. The number of hydrogen-bond donors (Lipinski definition) is 1. The van der Waals surface area contributed by atoms with Crippen LogP contribution < -0.4 is 0 Å². The van der Waals surface area contributed by atoms with Gasteiger partial charge in [-0.05, 0) is 56.8 Å². The van der Waals surface area contributed by atoms with Gasteiger partial charge >= 0.3 is 11.9 Å². The standard InChI is InChI=1S/C22H30O6/c1-12-17-14(27-18(12)24)9-21(11-26-13(2)23)8-7-19(3)10-16-20(4,28-16)6-5-15(19)22(17,21)25/h14-17,25H,1,5-11H2,2-4H3/t14-,15-,16+,17-,19-,20-,21-,22+/m0/s1. The summed E-state index contributed by atoms with van der Waals surface area (Å²) in [6, 6.07) is 0. The molecule has 5 fully saturated rings. The van der Waals surface area contributed by atoms with Crippen LogP contribution in [0, 0.1) is 22.7 Å². The van der Waals surface area contributed by atoms with Gasteiger partial charge in [0.25, 0.3) is 0 Å². The maximum atomic E-state index is 12.5. The third-order valence-corrected chi connectivity index (χ3v) is 8.90. The van der Waals surface area contributed by atoms with E-state index in [0.717, 1.165) is 32.1 Å². The lowest BCUT2D eigenvalue weighted by Crippen LogP contribution is -2.63. The number of hydrogen-bond acceptors (Lipinski definition) is 6. The highest BCUT2D eigenvalue weighted by Gasteiger charge is 2.76. The third-order valence-electron chi connectivity index (χ3n) is 8.90. The monoisotopic (exact) mass is 390 g/mol. The van der Waals surface area contributed by atoms with Crippen molar-refractivity contribution < 1.29 is 28.9 Å². The molecule has 3 aliphatic carbocycles. The first kappa shape index (κ1) is 18.6. The highest BCUT2D eigenvalue weighted by atomic mass is 16.6. The molecule has 5 aliphatic rings. The molecule has 3 saturated carbocycles. The molecule has 2 aliphatic heterocycles. The van der Waals surface area contributed by atoms with Gasteiger partial charge in [-0.15, -0.1) is 0 Å². The Morgan fingerprint density at radius 2 is 2.04 bits per heavy atom. The van der Waals surface area contributed by atoms with Crippen LogP contribution in [-0.4, -0.2) is 47.1 Å². The molecule has 0 radical (unpaired) electrons. The fraction of sp³-hybridized carbons (Fsp3) is 0.818. The average molecular weight is 390 g/mol. The molecule has 0 unspecified atom stereocenters. The fourth-order valence-corrected chi connectivity index (χ4v) is 7.26. The van der Waals surface area contributed by atoms with Crippen molar-refractivity contribution >= 4 is 11.9 Å². The van der Waals surface area contributed by atoms with Crippen LogP contribution in [-0.2, 0) is 23.8 Å². The van der Waals surface area contributed by atoms with E-state index in [4.69, 9.17) is 14.2 Å². The molecule has 2 saturated heterocycles. The largest absolute Gasteiger partial charge is 0.465 e. The Hall–Kier alpha value is -1.40. The lowest BCUT2D eigenvalue weighted by atomic mass is 9.48. The van der Waals surface area contributed by atoms with Gasteiger partial charge < -0.3 is 19.3 Å². The summed E-state index contributed by atoms with van der Waals surface area (Å²) >= 11 is 0. The van der Waals surface area contributed by atoms with Crippen molar-refractivity contribution in [2.75, 3.05) is 6.61 Å². The molecule has 6 heteroatoms. The molecule has 0 bridgehead atoms. The van der Waals surface area contributed by atoms with Gasteiger partial charge in [-0.25, -0.2) is 4.79 Å². The van der Waals surface area contributed by atoms with Gasteiger partial charge in [-0.2, -0.15) is 0 Å². The number of fused-ring (bicyclic) bond motifs is 6. The van der Waals surface area contributed by atoms with Crippen molar-refractivity contribution in [2.24, 2.45) is 22.7 Å². The predicted octanol–water partition coefficient (Wildman–Crippen LogP) is 2.53. The van der Waals surface area contributed by atoms with E-state index < -0.39 is 22.9 Å². The van der Waals surface area contributed by atoms with E-state index in [9.17, 15) is 14.7 Å². The first-order valence-corrected chi connectivity index (χ1v) is 10.5. The molecule has 154 valence electrons. The molecule has 8 atom stereocenters. The Bertz CT molecular complexity index is 777. The minimum Gasteiger partial charge on any atom is -0.465 e. The topological polar surface area (TPSA) is 85.4 Å². The van der Waals surface area contributed by atoms with Crippen molar-refractivity contribution in [3.05, 3.63) is 12.2 Å². The zero-order valence-electron chi connectivity index (χ0n) is 17.0. The fourth-order valence-electron chi connectivity index (χ4n) is 7.26. The van der Waals surface area contributed by atoms with E-state index in [1.54, 1.807) is 0 Å². The summed E-state index contributed by atoms with van der Waals surface area (Å²) in [5.41, 5.74) is -1.58. The van der Waals surface area contributed by atoms with Crippen LogP contribution in [0.5, 0.6) is 0 Å². The van der Waals surface area contributed by atoms with E-state index in [1.807, 2.05) is 0 Å². The molecule has 0 aromatic carbocycles. The van der Waals surface area contributed by atoms with Crippen LogP contribution in [0.15, 0.2) is 12.2 Å². The Morgan fingerprint density at radius 3 is 2.75 bits per heavy atom. The summed E-state index contributed by atoms with van der Waals surface area (Å²) in [6.07, 6.45) is 4.70. The summed E-state index contributed by atoms with van der Waals surface area (Å²) in [4.78, 5) is 23.9. The molecule has 0 aromatic rings. The highest BCUT2D eigenvalue weighted by molar-refractivity contribution is 5.91. The Balaban J connectivity index is 1.60. The van der Waals surface area contributed by atoms with Gasteiger partial charge in [0.2, 0.25) is 0 Å². The van der Waals surface area contributed by atoms with E-state index >= 15 is 0 Å². The first-order chi connectivity index (χ1) is 13.0. The molecule has 2 heterocycles. The Morgan fingerprint density at radius 1 is 1.29 bits per heavy atom. The van der Waals surface area contributed by atoms with Crippen molar-refractivity contribution in [1.82, 2.24) is 0 Å². The number of carbonyl (C=O) groups is 2. The minimum atomic E-state index is -1.17. The van der Waals surface area contributed by atoms with Crippen LogP contribution in [0.3, 0.4) is 0 Å². The van der Waals surface area contributed by atoms with Crippen molar-refractivity contribution in [3.63, 3.8) is 0 Å². The summed E-state index contributed by atoms with van der Waals surface area (Å²) < 4.78 is 17.1. The summed E-state index contributed by atoms with van der Waals surface area (Å²) in [5.74, 6) is -1.19. The van der Waals surface area contributed by atoms with Crippen LogP contribution >= 0.6 is 0 Å². The number of esters is 2. The zero-order valence-corrected chi connectivity index (χ0v) is 17.0. The molecular formula is C22H30O6. The molecule has 28 heavy (non-hydrogen) atoms. The van der Waals surface area contributed by atoms with E-state index in [-0.39, 0.29) is 41.7 Å². The number of rotatable bonds is 2. The maximum absolute atomic E-state index is 12.5. The molecule has 1 N–H and O–H groups in total. The van der Waals surface area contributed by atoms with E-state index in [2.05, 4.69) is 20.4 Å². The third kappa shape index (κ3) is 2.16.